The van der Waals surface area contributed by atoms with Crippen molar-refractivity contribution in [2.75, 3.05) is 0 Å². The Bertz CT molecular complexity index is 349. The molecule has 22 heavy (non-hydrogen) atoms. The van der Waals surface area contributed by atoms with Crippen LogP contribution in [0.25, 0.3) is 0 Å². The highest BCUT2D eigenvalue weighted by molar-refractivity contribution is 5.85. The highest BCUT2D eigenvalue weighted by Gasteiger charge is 1.91. The fourth-order valence-corrected chi connectivity index (χ4v) is 0. The van der Waals surface area contributed by atoms with Gasteiger partial charge in [-0.2, -0.15) is 0 Å². The molecule has 0 aliphatic carbocycles. The van der Waals surface area contributed by atoms with Gasteiger partial charge in [0.1, 0.15) is 0 Å². The minimum absolute atomic E-state index is 0.176. The summed E-state index contributed by atoms with van der Waals surface area (Å²) in [6.07, 6.45) is 0. The maximum atomic E-state index is 9.60. The number of hydrogen-bond acceptors (Lipinski definition) is 4. The van der Waals surface area contributed by atoms with Crippen LogP contribution in [-0.2, 0) is 19.2 Å². The van der Waals surface area contributed by atoms with Gasteiger partial charge in [0.2, 0.25) is 0 Å². The molecule has 0 aromatic heterocycles. The van der Waals surface area contributed by atoms with E-state index in [1.165, 1.54) is 20.8 Å². The highest BCUT2D eigenvalue weighted by Crippen LogP contribution is 1.82. The van der Waals surface area contributed by atoms with Crippen LogP contribution in [0.4, 0.5) is 0 Å². The predicted octanol–water partition coefficient (Wildman–Crippen LogP) is 2.03. The molecule has 126 valence electrons. The Morgan fingerprint density at radius 1 is 0.545 bits per heavy atom. The van der Waals surface area contributed by atoms with Crippen LogP contribution < -0.4 is 0 Å². The molecule has 0 saturated carbocycles. The summed E-state index contributed by atoms with van der Waals surface area (Å²) in [6, 6.07) is 0. The van der Waals surface area contributed by atoms with Crippen molar-refractivity contribution >= 4 is 23.9 Å². The van der Waals surface area contributed by atoms with Gasteiger partial charge in [-0.3, -0.25) is 4.79 Å². The topological polar surface area (TPSA) is 149 Å². The van der Waals surface area contributed by atoms with Crippen molar-refractivity contribution in [2.24, 2.45) is 0 Å². The Kier molecular flexibility index (Phi) is 20.2. The molecular formula is C14H22O8. The summed E-state index contributed by atoms with van der Waals surface area (Å²) >= 11 is 0. The molecule has 0 aromatic rings. The Balaban J connectivity index is -0.0000000994. The first-order valence-electron chi connectivity index (χ1n) is 5.52. The normalized spacial score (nSPS) is 7.27. The molecule has 0 spiro atoms. The first-order valence-corrected chi connectivity index (χ1v) is 5.52. The lowest BCUT2D eigenvalue weighted by Gasteiger charge is -1.79. The van der Waals surface area contributed by atoms with Gasteiger partial charge < -0.3 is 20.4 Å². The van der Waals surface area contributed by atoms with Crippen molar-refractivity contribution in [3.8, 4) is 0 Å². The second-order valence-corrected chi connectivity index (χ2v) is 3.78. The summed E-state index contributed by atoms with van der Waals surface area (Å²) in [5.41, 5.74) is 0.528. The van der Waals surface area contributed by atoms with E-state index in [2.05, 4.69) is 19.7 Å². The number of carbonyl (C=O) groups is 4. The number of rotatable bonds is 3. The lowest BCUT2D eigenvalue weighted by atomic mass is 10.4. The molecule has 8 heteroatoms. The van der Waals surface area contributed by atoms with Crippen molar-refractivity contribution in [3.05, 3.63) is 36.5 Å². The number of carboxylic acids is 4. The standard InChI is InChI=1S/3C4H6O2.C2H4O2/c3*1-3(2)4(5)6;1-2(3)4/h3*1H2,2H3,(H,5,6);1H3,(H,3,4). The van der Waals surface area contributed by atoms with Gasteiger partial charge >= 0.3 is 17.9 Å². The first-order chi connectivity index (χ1) is 9.66. The molecule has 0 heterocycles. The molecule has 0 amide bonds. The van der Waals surface area contributed by atoms with Crippen LogP contribution >= 0.6 is 0 Å². The SMILES string of the molecule is C=C(C)C(=O)O.C=C(C)C(=O)O.C=C(C)C(=O)O.CC(=O)O. The molecule has 0 aliphatic rings. The largest absolute Gasteiger partial charge is 0.481 e. The molecule has 0 saturated heterocycles. The van der Waals surface area contributed by atoms with E-state index in [0.717, 1.165) is 6.92 Å². The molecule has 0 aliphatic heterocycles. The fraction of sp³-hybridized carbons (Fsp3) is 0.286. The van der Waals surface area contributed by atoms with Crippen LogP contribution in [0, 0.1) is 0 Å². The van der Waals surface area contributed by atoms with E-state index in [4.69, 9.17) is 25.2 Å². The van der Waals surface area contributed by atoms with E-state index >= 15 is 0 Å². The zero-order valence-corrected chi connectivity index (χ0v) is 13.0. The second-order valence-electron chi connectivity index (χ2n) is 3.78. The molecule has 0 rings (SSSR count). The Hall–Kier alpha value is -2.90. The average Bonchev–Trinajstić information content (AvgIpc) is 2.29. The van der Waals surface area contributed by atoms with Crippen molar-refractivity contribution in [1.29, 1.82) is 0 Å². The second kappa shape index (κ2) is 16.2. The number of carboxylic acid groups (broad SMARTS) is 4. The van der Waals surface area contributed by atoms with Crippen LogP contribution in [0.3, 0.4) is 0 Å². The lowest BCUT2D eigenvalue weighted by Crippen LogP contribution is -1.92. The molecule has 8 nitrogen and oxygen atoms in total. The summed E-state index contributed by atoms with van der Waals surface area (Å²) < 4.78 is 0. The lowest BCUT2D eigenvalue weighted by molar-refractivity contribution is -0.135. The molecule has 0 radical (unpaired) electrons. The summed E-state index contributed by atoms with van der Waals surface area (Å²) in [5, 5.41) is 31.1. The summed E-state index contributed by atoms with van der Waals surface area (Å²) in [5.74, 6) is -3.64. The van der Waals surface area contributed by atoms with E-state index in [-0.39, 0.29) is 16.7 Å². The molecule has 0 atom stereocenters. The van der Waals surface area contributed by atoms with E-state index in [9.17, 15) is 14.4 Å². The third kappa shape index (κ3) is 53.5. The van der Waals surface area contributed by atoms with Gasteiger partial charge in [-0.15, -0.1) is 0 Å². The molecule has 0 unspecified atom stereocenters. The molecule has 0 fully saturated rings. The van der Waals surface area contributed by atoms with Crippen molar-refractivity contribution in [1.82, 2.24) is 0 Å². The Labute approximate surface area is 128 Å². The van der Waals surface area contributed by atoms with Gasteiger partial charge in [0, 0.05) is 23.6 Å². The Morgan fingerprint density at radius 2 is 0.591 bits per heavy atom. The summed E-state index contributed by atoms with van der Waals surface area (Å²) in [7, 11) is 0. The summed E-state index contributed by atoms with van der Waals surface area (Å²) in [6.45, 7) is 14.9. The van der Waals surface area contributed by atoms with Crippen molar-refractivity contribution in [2.45, 2.75) is 27.7 Å². The maximum absolute atomic E-state index is 9.60. The smallest absolute Gasteiger partial charge is 0.330 e. The van der Waals surface area contributed by atoms with Crippen molar-refractivity contribution in [3.63, 3.8) is 0 Å². The highest BCUT2D eigenvalue weighted by atomic mass is 16.4. The summed E-state index contributed by atoms with van der Waals surface area (Å²) in [4.78, 5) is 37.8. The van der Waals surface area contributed by atoms with Gasteiger partial charge in [-0.25, -0.2) is 14.4 Å². The monoisotopic (exact) mass is 318 g/mol. The van der Waals surface area contributed by atoms with E-state index in [1.807, 2.05) is 0 Å². The zero-order valence-electron chi connectivity index (χ0n) is 13.0. The molecule has 0 bridgehead atoms. The quantitative estimate of drug-likeness (QED) is 0.577. The maximum Gasteiger partial charge on any atom is 0.330 e. The van der Waals surface area contributed by atoms with Gasteiger partial charge in [-0.1, -0.05) is 19.7 Å². The van der Waals surface area contributed by atoms with E-state index in [0.29, 0.717) is 0 Å². The van der Waals surface area contributed by atoms with E-state index < -0.39 is 23.9 Å². The molecular weight excluding hydrogens is 296 g/mol. The van der Waals surface area contributed by atoms with Crippen LogP contribution in [0.5, 0.6) is 0 Å². The van der Waals surface area contributed by atoms with Crippen LogP contribution in [0.2, 0.25) is 0 Å². The van der Waals surface area contributed by atoms with Gasteiger partial charge in [0.15, 0.2) is 0 Å². The fourth-order valence-electron chi connectivity index (χ4n) is 0. The molecule has 4 N–H and O–H groups in total. The van der Waals surface area contributed by atoms with Crippen LogP contribution in [0.1, 0.15) is 27.7 Å². The van der Waals surface area contributed by atoms with Crippen LogP contribution in [-0.4, -0.2) is 44.3 Å². The zero-order chi connectivity index (χ0) is 19.0. The minimum atomic E-state index is -0.935. The van der Waals surface area contributed by atoms with Gasteiger partial charge in [0.25, 0.3) is 5.97 Å². The average molecular weight is 318 g/mol. The molecule has 0 aromatic carbocycles. The minimum Gasteiger partial charge on any atom is -0.481 e. The van der Waals surface area contributed by atoms with E-state index in [1.54, 1.807) is 0 Å². The number of aliphatic carboxylic acids is 4. The Morgan fingerprint density at radius 3 is 0.591 bits per heavy atom. The third-order valence-electron chi connectivity index (χ3n) is 1.10. The predicted molar refractivity (Wildman–Crippen MR) is 80.7 cm³/mol. The van der Waals surface area contributed by atoms with Crippen molar-refractivity contribution < 1.29 is 39.6 Å². The van der Waals surface area contributed by atoms with Gasteiger partial charge in [-0.05, 0) is 20.8 Å². The van der Waals surface area contributed by atoms with Gasteiger partial charge in [0.05, 0.1) is 0 Å². The number of hydrogen-bond donors (Lipinski definition) is 4. The first kappa shape index (κ1) is 27.4. The third-order valence-corrected chi connectivity index (χ3v) is 1.10. The van der Waals surface area contributed by atoms with Crippen LogP contribution in [0.15, 0.2) is 36.5 Å².